The van der Waals surface area contributed by atoms with Crippen LogP contribution < -0.4 is 11.1 Å². The molecule has 1 rings (SSSR count). The summed E-state index contributed by atoms with van der Waals surface area (Å²) in [4.78, 5) is 11.2. The van der Waals surface area contributed by atoms with Crippen molar-refractivity contribution in [2.75, 3.05) is 13.1 Å². The second kappa shape index (κ2) is 6.96. The number of rotatable bonds is 6. The van der Waals surface area contributed by atoms with Gasteiger partial charge in [-0.2, -0.15) is 0 Å². The molecule has 0 radical (unpaired) electrons. The van der Waals surface area contributed by atoms with Gasteiger partial charge in [-0.05, 0) is 31.5 Å². The van der Waals surface area contributed by atoms with E-state index in [4.69, 9.17) is 5.73 Å². The first-order chi connectivity index (χ1) is 8.15. The summed E-state index contributed by atoms with van der Waals surface area (Å²) in [6, 6.07) is 3.72. The first-order valence-corrected chi connectivity index (χ1v) is 5.55. The fourth-order valence-corrected chi connectivity index (χ4v) is 1.45. The summed E-state index contributed by atoms with van der Waals surface area (Å²) in [6.07, 6.45) is 1.10. The topological polar surface area (TPSA) is 55.1 Å². The van der Waals surface area contributed by atoms with E-state index in [1.807, 2.05) is 0 Å². The minimum absolute atomic E-state index is 0.00613. The molecule has 0 aromatic heterocycles. The van der Waals surface area contributed by atoms with E-state index in [9.17, 15) is 13.6 Å². The second-order valence-corrected chi connectivity index (χ2v) is 3.69. The maximum absolute atomic E-state index is 13.2. The molecule has 94 valence electrons. The molecule has 0 atom stereocenters. The van der Waals surface area contributed by atoms with Gasteiger partial charge in [0.2, 0.25) is 5.91 Å². The summed E-state index contributed by atoms with van der Waals surface area (Å²) >= 11 is 0. The summed E-state index contributed by atoms with van der Waals surface area (Å²) < 4.78 is 26.4. The normalized spacial score (nSPS) is 10.3. The molecule has 0 aliphatic rings. The molecule has 1 amide bonds. The van der Waals surface area contributed by atoms with Crippen LogP contribution in [0.2, 0.25) is 0 Å². The van der Waals surface area contributed by atoms with Crippen molar-refractivity contribution < 1.29 is 13.6 Å². The van der Waals surface area contributed by atoms with E-state index in [0.29, 0.717) is 19.4 Å². The quantitative estimate of drug-likeness (QED) is 0.791. The molecule has 0 spiro atoms. The van der Waals surface area contributed by atoms with Gasteiger partial charge in [-0.3, -0.25) is 4.79 Å². The molecule has 0 unspecified atom stereocenters. The number of carbonyl (C=O) groups is 1. The summed E-state index contributed by atoms with van der Waals surface area (Å²) in [7, 11) is 0. The zero-order chi connectivity index (χ0) is 12.7. The Labute approximate surface area is 99.0 Å². The fraction of sp³-hybridized carbons (Fsp3) is 0.417. The molecule has 1 aromatic carbocycles. The third-order valence-corrected chi connectivity index (χ3v) is 2.37. The molecule has 0 bridgehead atoms. The highest BCUT2D eigenvalue weighted by atomic mass is 19.1. The van der Waals surface area contributed by atoms with Gasteiger partial charge in [0.05, 0.1) is 0 Å². The Morgan fingerprint density at radius 2 is 1.94 bits per heavy atom. The molecular weight excluding hydrogens is 226 g/mol. The van der Waals surface area contributed by atoms with E-state index in [-0.39, 0.29) is 24.4 Å². The third kappa shape index (κ3) is 4.48. The van der Waals surface area contributed by atoms with Crippen LogP contribution in [0.5, 0.6) is 0 Å². The molecule has 17 heavy (non-hydrogen) atoms. The highest BCUT2D eigenvalue weighted by molar-refractivity contribution is 5.75. The van der Waals surface area contributed by atoms with Crippen LogP contribution in [0.3, 0.4) is 0 Å². The van der Waals surface area contributed by atoms with Gasteiger partial charge in [-0.15, -0.1) is 0 Å². The van der Waals surface area contributed by atoms with E-state index in [1.54, 1.807) is 0 Å². The van der Waals surface area contributed by atoms with Gasteiger partial charge in [0, 0.05) is 18.5 Å². The number of amides is 1. The molecule has 0 aliphatic carbocycles. The number of nitrogens with two attached hydrogens (primary N) is 1. The van der Waals surface area contributed by atoms with Crippen LogP contribution in [0.1, 0.15) is 18.4 Å². The predicted octanol–water partition coefficient (Wildman–Crippen LogP) is 1.36. The molecule has 3 N–H and O–H groups in total. The second-order valence-electron chi connectivity index (χ2n) is 3.69. The van der Waals surface area contributed by atoms with Gasteiger partial charge in [0.1, 0.15) is 11.6 Å². The van der Waals surface area contributed by atoms with Gasteiger partial charge in [-0.25, -0.2) is 8.78 Å². The lowest BCUT2D eigenvalue weighted by molar-refractivity contribution is -0.121. The smallest absolute Gasteiger partial charge is 0.220 e. The summed E-state index contributed by atoms with van der Waals surface area (Å²) in [5, 5.41) is 2.59. The lowest BCUT2D eigenvalue weighted by atomic mass is 10.1. The van der Waals surface area contributed by atoms with Crippen molar-refractivity contribution in [3.63, 3.8) is 0 Å². The van der Waals surface area contributed by atoms with Crippen molar-refractivity contribution in [3.8, 4) is 0 Å². The lowest BCUT2D eigenvalue weighted by Gasteiger charge is -2.06. The average molecular weight is 242 g/mol. The van der Waals surface area contributed by atoms with Gasteiger partial charge in [0.25, 0.3) is 0 Å². The number of hydrogen-bond acceptors (Lipinski definition) is 2. The third-order valence-electron chi connectivity index (χ3n) is 2.37. The zero-order valence-corrected chi connectivity index (χ0v) is 9.51. The Morgan fingerprint density at radius 1 is 1.29 bits per heavy atom. The molecule has 0 saturated carbocycles. The molecule has 1 aromatic rings. The highest BCUT2D eigenvalue weighted by Crippen LogP contribution is 2.11. The number of benzene rings is 1. The number of nitrogens with one attached hydrogen (secondary N) is 1. The average Bonchev–Trinajstić information content (AvgIpc) is 2.30. The Morgan fingerprint density at radius 3 is 2.53 bits per heavy atom. The standard InChI is InChI=1S/C12H16F2N2O/c13-10-3-1-4-11(14)9(10)6-8-16-12(17)5-2-7-15/h1,3-4H,2,5-8,15H2,(H,16,17). The Bertz CT molecular complexity index is 363. The van der Waals surface area contributed by atoms with Gasteiger partial charge in [0.15, 0.2) is 0 Å². The number of carbonyl (C=O) groups excluding carboxylic acids is 1. The van der Waals surface area contributed by atoms with Gasteiger partial charge in [-0.1, -0.05) is 6.07 Å². The van der Waals surface area contributed by atoms with Crippen LogP contribution in [-0.4, -0.2) is 19.0 Å². The molecule has 0 heterocycles. The SMILES string of the molecule is NCCCC(=O)NCCc1c(F)cccc1F. The molecule has 0 aliphatic heterocycles. The monoisotopic (exact) mass is 242 g/mol. The highest BCUT2D eigenvalue weighted by Gasteiger charge is 2.08. The van der Waals surface area contributed by atoms with Gasteiger partial charge < -0.3 is 11.1 Å². The van der Waals surface area contributed by atoms with E-state index < -0.39 is 11.6 Å². The van der Waals surface area contributed by atoms with E-state index >= 15 is 0 Å². The Hall–Kier alpha value is -1.49. The maximum Gasteiger partial charge on any atom is 0.220 e. The summed E-state index contributed by atoms with van der Waals surface area (Å²) in [6.45, 7) is 0.677. The summed E-state index contributed by atoms with van der Waals surface area (Å²) in [5.74, 6) is -1.31. The van der Waals surface area contributed by atoms with Crippen LogP contribution in [0.25, 0.3) is 0 Å². The summed E-state index contributed by atoms with van der Waals surface area (Å²) in [5.41, 5.74) is 5.26. The largest absolute Gasteiger partial charge is 0.356 e. The van der Waals surface area contributed by atoms with Crippen LogP contribution in [0.15, 0.2) is 18.2 Å². The molecule has 3 nitrogen and oxygen atoms in total. The van der Waals surface area contributed by atoms with Gasteiger partial charge >= 0.3 is 0 Å². The van der Waals surface area contributed by atoms with Crippen LogP contribution in [-0.2, 0) is 11.2 Å². The van der Waals surface area contributed by atoms with Crippen molar-refractivity contribution >= 4 is 5.91 Å². The molecule has 0 fully saturated rings. The maximum atomic E-state index is 13.2. The van der Waals surface area contributed by atoms with Crippen molar-refractivity contribution in [1.29, 1.82) is 0 Å². The number of hydrogen-bond donors (Lipinski definition) is 2. The Balaban J connectivity index is 2.38. The van der Waals surface area contributed by atoms with Crippen LogP contribution in [0, 0.1) is 11.6 Å². The van der Waals surface area contributed by atoms with Crippen molar-refractivity contribution in [2.45, 2.75) is 19.3 Å². The van der Waals surface area contributed by atoms with E-state index in [1.165, 1.54) is 18.2 Å². The minimum Gasteiger partial charge on any atom is -0.356 e. The molecule has 5 heteroatoms. The first kappa shape index (κ1) is 13.6. The number of halogens is 2. The van der Waals surface area contributed by atoms with Crippen LogP contribution >= 0.6 is 0 Å². The van der Waals surface area contributed by atoms with E-state index in [0.717, 1.165) is 0 Å². The van der Waals surface area contributed by atoms with Crippen molar-refractivity contribution in [1.82, 2.24) is 5.32 Å². The molecular formula is C12H16F2N2O. The minimum atomic E-state index is -0.582. The van der Waals surface area contributed by atoms with E-state index in [2.05, 4.69) is 5.32 Å². The predicted molar refractivity (Wildman–Crippen MR) is 61.4 cm³/mol. The fourth-order valence-electron chi connectivity index (χ4n) is 1.45. The van der Waals surface area contributed by atoms with Crippen molar-refractivity contribution in [3.05, 3.63) is 35.4 Å². The molecule has 0 saturated heterocycles. The Kier molecular flexibility index (Phi) is 5.56. The zero-order valence-electron chi connectivity index (χ0n) is 9.51. The lowest BCUT2D eigenvalue weighted by Crippen LogP contribution is -2.26. The van der Waals surface area contributed by atoms with Crippen LogP contribution in [0.4, 0.5) is 8.78 Å². The van der Waals surface area contributed by atoms with Crippen molar-refractivity contribution in [2.24, 2.45) is 5.73 Å². The first-order valence-electron chi connectivity index (χ1n) is 5.55.